The van der Waals surface area contributed by atoms with Gasteiger partial charge in [0, 0.05) is 30.6 Å². The van der Waals surface area contributed by atoms with Crippen molar-refractivity contribution in [3.8, 4) is 5.75 Å². The minimum atomic E-state index is 0.328. The molecule has 0 spiro atoms. The fraction of sp³-hybridized carbons (Fsp3) is 0.500. The fourth-order valence-electron chi connectivity index (χ4n) is 3.55. The van der Waals surface area contributed by atoms with E-state index in [0.717, 1.165) is 43.4 Å². The van der Waals surface area contributed by atoms with Gasteiger partial charge in [-0.05, 0) is 31.2 Å². The third-order valence-corrected chi connectivity index (χ3v) is 4.82. The summed E-state index contributed by atoms with van der Waals surface area (Å²) in [6, 6.07) is 7.92. The molecule has 0 saturated carbocycles. The Morgan fingerprint density at radius 2 is 2.26 bits per heavy atom. The lowest BCUT2D eigenvalue weighted by atomic mass is 9.94. The van der Waals surface area contributed by atoms with Crippen LogP contribution in [0.3, 0.4) is 0 Å². The predicted molar refractivity (Wildman–Crippen MR) is 85.2 cm³/mol. The number of nitrogens with zero attached hydrogens (tertiary/aromatic N) is 2. The van der Waals surface area contributed by atoms with Crippen molar-refractivity contribution in [2.45, 2.75) is 19.6 Å². The Balaban J connectivity index is 1.32. The third kappa shape index (κ3) is 3.26. The molecule has 0 aromatic carbocycles. The molecule has 0 radical (unpaired) electrons. The van der Waals surface area contributed by atoms with E-state index in [1.165, 1.54) is 0 Å². The van der Waals surface area contributed by atoms with Crippen molar-refractivity contribution in [2.24, 2.45) is 11.8 Å². The summed E-state index contributed by atoms with van der Waals surface area (Å²) in [6.07, 6.45) is 3.85. The molecule has 0 unspecified atom stereocenters. The first-order chi connectivity index (χ1) is 11.3. The van der Waals surface area contributed by atoms with Gasteiger partial charge in [0.1, 0.15) is 11.5 Å². The van der Waals surface area contributed by atoms with Crippen molar-refractivity contribution in [3.05, 3.63) is 48.2 Å². The van der Waals surface area contributed by atoms with Crippen molar-refractivity contribution in [1.82, 2.24) is 9.88 Å². The Morgan fingerprint density at radius 3 is 3.04 bits per heavy atom. The van der Waals surface area contributed by atoms with Crippen molar-refractivity contribution >= 4 is 0 Å². The van der Waals surface area contributed by atoms with Gasteiger partial charge in [-0.15, -0.1) is 0 Å². The summed E-state index contributed by atoms with van der Waals surface area (Å²) < 4.78 is 17.3. The number of hydrogen-bond donors (Lipinski definition) is 0. The zero-order valence-corrected chi connectivity index (χ0v) is 13.4. The molecule has 2 saturated heterocycles. The first kappa shape index (κ1) is 14.7. The summed E-state index contributed by atoms with van der Waals surface area (Å²) in [5, 5.41) is 0. The highest BCUT2D eigenvalue weighted by Crippen LogP contribution is 2.34. The maximum Gasteiger partial charge on any atom is 0.137 e. The number of rotatable bonds is 5. The van der Waals surface area contributed by atoms with Crippen LogP contribution in [0.25, 0.3) is 0 Å². The van der Waals surface area contributed by atoms with Crippen LogP contribution in [0.15, 0.2) is 41.1 Å². The van der Waals surface area contributed by atoms with Gasteiger partial charge in [-0.2, -0.15) is 0 Å². The monoisotopic (exact) mass is 314 g/mol. The van der Waals surface area contributed by atoms with E-state index in [2.05, 4.69) is 9.88 Å². The zero-order chi connectivity index (χ0) is 15.6. The average Bonchev–Trinajstić information content (AvgIpc) is 3.25. The first-order valence-electron chi connectivity index (χ1n) is 8.20. The summed E-state index contributed by atoms with van der Waals surface area (Å²) in [6.45, 7) is 6.35. The van der Waals surface area contributed by atoms with Crippen molar-refractivity contribution < 1.29 is 13.9 Å². The van der Waals surface area contributed by atoms with Crippen molar-refractivity contribution in [1.29, 1.82) is 0 Å². The largest absolute Gasteiger partial charge is 0.492 e. The number of furan rings is 1. The summed E-state index contributed by atoms with van der Waals surface area (Å²) >= 11 is 0. The molecule has 4 heterocycles. The van der Waals surface area contributed by atoms with Gasteiger partial charge in [-0.25, -0.2) is 0 Å². The number of ether oxygens (including phenoxy) is 2. The van der Waals surface area contributed by atoms with Gasteiger partial charge in [-0.3, -0.25) is 9.88 Å². The van der Waals surface area contributed by atoms with Crippen LogP contribution in [-0.2, 0) is 11.3 Å². The van der Waals surface area contributed by atoms with Gasteiger partial charge in [0.05, 0.1) is 38.3 Å². The van der Waals surface area contributed by atoms with Crippen LogP contribution in [0.1, 0.15) is 11.5 Å². The molecule has 2 fully saturated rings. The van der Waals surface area contributed by atoms with Crippen LogP contribution in [0.2, 0.25) is 0 Å². The van der Waals surface area contributed by atoms with Crippen LogP contribution in [0, 0.1) is 18.8 Å². The van der Waals surface area contributed by atoms with Gasteiger partial charge in [-0.1, -0.05) is 0 Å². The normalized spacial score (nSPS) is 27.3. The molecule has 3 atom stereocenters. The van der Waals surface area contributed by atoms with E-state index in [1.54, 1.807) is 12.5 Å². The highest BCUT2D eigenvalue weighted by molar-refractivity contribution is 5.19. The second-order valence-corrected chi connectivity index (χ2v) is 6.52. The van der Waals surface area contributed by atoms with Crippen LogP contribution in [0.4, 0.5) is 0 Å². The van der Waals surface area contributed by atoms with E-state index in [-0.39, 0.29) is 0 Å². The molecule has 2 aromatic rings. The maximum atomic E-state index is 5.98. The van der Waals surface area contributed by atoms with E-state index >= 15 is 0 Å². The van der Waals surface area contributed by atoms with E-state index in [9.17, 15) is 0 Å². The molecule has 2 aliphatic heterocycles. The van der Waals surface area contributed by atoms with Crippen molar-refractivity contribution in [2.75, 3.05) is 26.3 Å². The van der Waals surface area contributed by atoms with Gasteiger partial charge in [0.15, 0.2) is 0 Å². The molecule has 5 heteroatoms. The summed E-state index contributed by atoms with van der Waals surface area (Å²) in [7, 11) is 0. The van der Waals surface area contributed by atoms with Crippen LogP contribution >= 0.6 is 0 Å². The van der Waals surface area contributed by atoms with Gasteiger partial charge >= 0.3 is 0 Å². The van der Waals surface area contributed by atoms with E-state index in [0.29, 0.717) is 24.5 Å². The number of aryl methyl sites for hydroxylation is 1. The first-order valence-corrected chi connectivity index (χ1v) is 8.20. The molecule has 4 rings (SSSR count). The van der Waals surface area contributed by atoms with Crippen molar-refractivity contribution in [3.63, 3.8) is 0 Å². The van der Waals surface area contributed by atoms with E-state index in [4.69, 9.17) is 13.9 Å². The summed E-state index contributed by atoms with van der Waals surface area (Å²) in [5.41, 5.74) is 1.01. The second kappa shape index (κ2) is 6.34. The smallest absolute Gasteiger partial charge is 0.137 e. The van der Waals surface area contributed by atoms with Gasteiger partial charge in [0.2, 0.25) is 0 Å². The highest BCUT2D eigenvalue weighted by atomic mass is 16.5. The molecule has 0 bridgehead atoms. The quantitative estimate of drug-likeness (QED) is 0.848. The Kier molecular flexibility index (Phi) is 4.06. The molecule has 23 heavy (non-hydrogen) atoms. The van der Waals surface area contributed by atoms with E-state index in [1.807, 2.05) is 31.2 Å². The zero-order valence-electron chi connectivity index (χ0n) is 13.4. The molecular formula is C18H22N2O3. The molecule has 122 valence electrons. The van der Waals surface area contributed by atoms with Crippen LogP contribution in [-0.4, -0.2) is 42.3 Å². The Morgan fingerprint density at radius 1 is 1.30 bits per heavy atom. The lowest BCUT2D eigenvalue weighted by molar-refractivity contribution is 0.0885. The molecule has 0 amide bonds. The van der Waals surface area contributed by atoms with Crippen LogP contribution in [0.5, 0.6) is 5.75 Å². The second-order valence-electron chi connectivity index (χ2n) is 6.52. The molecule has 2 aromatic heterocycles. The Bertz CT molecular complexity index is 626. The summed E-state index contributed by atoms with van der Waals surface area (Å²) in [5.74, 6) is 2.85. The van der Waals surface area contributed by atoms with E-state index < -0.39 is 0 Å². The molecule has 2 aliphatic rings. The Hall–Kier alpha value is -1.85. The topological polar surface area (TPSA) is 47.7 Å². The molecular weight excluding hydrogens is 292 g/mol. The molecule has 0 N–H and O–H groups in total. The standard InChI is InChI=1S/C18H22N2O3/c1-13-4-5-15(7-19-13)22-11-14-12-23-18-10-20(9-17(14)18)8-16-3-2-6-21-16/h2-7,14,17-18H,8-12H2,1H3/t14-,17+,18+/m0/s1. The minimum Gasteiger partial charge on any atom is -0.492 e. The summed E-state index contributed by atoms with van der Waals surface area (Å²) in [4.78, 5) is 6.68. The fourth-order valence-corrected chi connectivity index (χ4v) is 3.55. The minimum absolute atomic E-state index is 0.328. The average molecular weight is 314 g/mol. The lowest BCUT2D eigenvalue weighted by Crippen LogP contribution is -2.26. The lowest BCUT2D eigenvalue weighted by Gasteiger charge is -2.19. The Labute approximate surface area is 136 Å². The van der Waals surface area contributed by atoms with Gasteiger partial charge in [0.25, 0.3) is 0 Å². The maximum absolute atomic E-state index is 5.98. The number of hydrogen-bond acceptors (Lipinski definition) is 5. The number of pyridine rings is 1. The SMILES string of the molecule is Cc1ccc(OC[C@H]2CO[C@@H]3CN(Cc4ccco4)C[C@H]23)cn1. The number of aromatic nitrogens is 1. The molecule has 0 aliphatic carbocycles. The third-order valence-electron chi connectivity index (χ3n) is 4.82. The van der Waals surface area contributed by atoms with Crippen LogP contribution < -0.4 is 4.74 Å². The number of likely N-dealkylation sites (tertiary alicyclic amines) is 1. The number of fused-ring (bicyclic) bond motifs is 1. The predicted octanol–water partition coefficient (Wildman–Crippen LogP) is 2.51. The van der Waals surface area contributed by atoms with Gasteiger partial charge < -0.3 is 13.9 Å². The highest BCUT2D eigenvalue weighted by Gasteiger charge is 2.44. The molecule has 5 nitrogen and oxygen atoms in total.